The maximum atomic E-state index is 12.2. The van der Waals surface area contributed by atoms with Gasteiger partial charge < -0.3 is 9.88 Å². The maximum Gasteiger partial charge on any atom is 0.224 e. The molecule has 2 aromatic carbocycles. The second-order valence-electron chi connectivity index (χ2n) is 5.73. The van der Waals surface area contributed by atoms with Gasteiger partial charge in [-0.05, 0) is 48.0 Å². The normalized spacial score (nSPS) is 10.8. The van der Waals surface area contributed by atoms with Crippen molar-refractivity contribution in [1.82, 2.24) is 14.8 Å². The summed E-state index contributed by atoms with van der Waals surface area (Å²) in [5.74, 6) is -0.129. The number of benzene rings is 2. The number of hydrogen-bond acceptors (Lipinski definition) is 4. The topological polar surface area (TPSA) is 59.8 Å². The van der Waals surface area contributed by atoms with Gasteiger partial charge in [0.25, 0.3) is 0 Å². The van der Waals surface area contributed by atoms with Crippen LogP contribution < -0.4 is 5.32 Å². The van der Waals surface area contributed by atoms with E-state index in [4.69, 9.17) is 34.8 Å². The van der Waals surface area contributed by atoms with Gasteiger partial charge in [0.1, 0.15) is 6.33 Å². The van der Waals surface area contributed by atoms with Crippen LogP contribution in [0.15, 0.2) is 52.8 Å². The molecule has 9 heteroatoms. The molecule has 0 saturated heterocycles. The molecule has 0 aliphatic heterocycles. The zero-order chi connectivity index (χ0) is 19.4. The molecule has 0 saturated carbocycles. The van der Waals surface area contributed by atoms with Crippen molar-refractivity contribution in [3.05, 3.63) is 63.4 Å². The van der Waals surface area contributed by atoms with Gasteiger partial charge in [0.2, 0.25) is 5.91 Å². The Morgan fingerprint density at radius 2 is 2.00 bits per heavy atom. The van der Waals surface area contributed by atoms with Crippen LogP contribution in [-0.4, -0.2) is 20.7 Å². The molecule has 0 radical (unpaired) electrons. The van der Waals surface area contributed by atoms with Crippen LogP contribution >= 0.6 is 46.6 Å². The van der Waals surface area contributed by atoms with Gasteiger partial charge in [-0.25, -0.2) is 0 Å². The van der Waals surface area contributed by atoms with E-state index in [9.17, 15) is 4.79 Å². The Morgan fingerprint density at radius 3 is 2.70 bits per heavy atom. The molecule has 5 nitrogen and oxygen atoms in total. The van der Waals surface area contributed by atoms with E-state index in [0.717, 1.165) is 15.6 Å². The van der Waals surface area contributed by atoms with E-state index in [0.29, 0.717) is 27.2 Å². The number of carbonyl (C=O) groups is 1. The molecule has 0 unspecified atom stereocenters. The predicted octanol–water partition coefficient (Wildman–Crippen LogP) is 5.50. The van der Waals surface area contributed by atoms with Crippen LogP contribution in [0.2, 0.25) is 15.1 Å². The Labute approximate surface area is 176 Å². The van der Waals surface area contributed by atoms with Crippen LogP contribution in [0.1, 0.15) is 12.0 Å². The minimum atomic E-state index is -0.129. The summed E-state index contributed by atoms with van der Waals surface area (Å²) in [6.07, 6.45) is 2.41. The van der Waals surface area contributed by atoms with Crippen LogP contribution in [0, 0.1) is 0 Å². The average molecular weight is 442 g/mol. The zero-order valence-electron chi connectivity index (χ0n) is 14.2. The molecule has 0 fully saturated rings. The number of halogens is 3. The lowest BCUT2D eigenvalue weighted by atomic mass is 10.1. The predicted molar refractivity (Wildman–Crippen MR) is 110 cm³/mol. The van der Waals surface area contributed by atoms with Crippen molar-refractivity contribution in [3.8, 4) is 0 Å². The summed E-state index contributed by atoms with van der Waals surface area (Å²) in [5, 5.41) is 12.9. The lowest BCUT2D eigenvalue weighted by Crippen LogP contribution is -2.12. The molecular formula is C18H15Cl3N4OS. The van der Waals surface area contributed by atoms with Crippen molar-refractivity contribution in [3.63, 3.8) is 0 Å². The Balaban J connectivity index is 1.60. The van der Waals surface area contributed by atoms with E-state index in [-0.39, 0.29) is 12.3 Å². The molecule has 0 aliphatic carbocycles. The molecular weight excluding hydrogens is 427 g/mol. The second-order valence-corrected chi connectivity index (χ2v) is 7.93. The average Bonchev–Trinajstić information content (AvgIpc) is 3.03. The minimum Gasteiger partial charge on any atom is -0.326 e. The molecule has 1 heterocycles. The van der Waals surface area contributed by atoms with E-state index in [1.165, 1.54) is 11.8 Å². The first-order valence-corrected chi connectivity index (χ1v) is 9.93. The van der Waals surface area contributed by atoms with Gasteiger partial charge in [0.05, 0.1) is 15.1 Å². The van der Waals surface area contributed by atoms with Crippen molar-refractivity contribution in [1.29, 1.82) is 0 Å². The Bertz CT molecular complexity index is 977. The van der Waals surface area contributed by atoms with Crippen molar-refractivity contribution < 1.29 is 4.79 Å². The number of anilines is 1. The molecule has 1 amide bonds. The number of aromatic nitrogens is 3. The molecule has 140 valence electrons. The molecule has 27 heavy (non-hydrogen) atoms. The summed E-state index contributed by atoms with van der Waals surface area (Å²) in [7, 11) is 1.86. The van der Waals surface area contributed by atoms with Crippen molar-refractivity contribution >= 4 is 58.2 Å². The summed E-state index contributed by atoms with van der Waals surface area (Å²) < 4.78 is 1.80. The highest BCUT2D eigenvalue weighted by Gasteiger charge is 2.11. The van der Waals surface area contributed by atoms with Gasteiger partial charge in [-0.2, -0.15) is 0 Å². The monoisotopic (exact) mass is 440 g/mol. The quantitative estimate of drug-likeness (QED) is 0.549. The molecule has 0 spiro atoms. The van der Waals surface area contributed by atoms with E-state index in [2.05, 4.69) is 15.5 Å². The summed E-state index contributed by atoms with van der Waals surface area (Å²) >= 11 is 19.9. The highest BCUT2D eigenvalue weighted by Crippen LogP contribution is 2.33. The van der Waals surface area contributed by atoms with Crippen LogP contribution in [0.4, 0.5) is 5.69 Å². The third-order valence-electron chi connectivity index (χ3n) is 3.74. The highest BCUT2D eigenvalue weighted by molar-refractivity contribution is 7.99. The molecule has 0 aliphatic rings. The number of rotatable bonds is 6. The Hall–Kier alpha value is -1.73. The molecule has 0 bridgehead atoms. The summed E-state index contributed by atoms with van der Waals surface area (Å²) in [4.78, 5) is 13.1. The van der Waals surface area contributed by atoms with Crippen molar-refractivity contribution in [2.45, 2.75) is 22.9 Å². The third-order valence-corrected chi connectivity index (χ3v) is 6.15. The van der Waals surface area contributed by atoms with Crippen LogP contribution in [-0.2, 0) is 18.3 Å². The minimum absolute atomic E-state index is 0.129. The lowest BCUT2D eigenvalue weighted by molar-refractivity contribution is -0.116. The molecule has 1 N–H and O–H groups in total. The SMILES string of the molecule is Cn1cnnc1Sc1ccc(NC(=O)CCc2cccc(Cl)c2Cl)cc1Cl. The number of carbonyl (C=O) groups excluding carboxylic acids is 1. The smallest absolute Gasteiger partial charge is 0.224 e. The van der Waals surface area contributed by atoms with E-state index < -0.39 is 0 Å². The van der Waals surface area contributed by atoms with E-state index in [1.807, 2.05) is 25.2 Å². The van der Waals surface area contributed by atoms with Gasteiger partial charge in [0, 0.05) is 24.1 Å². The van der Waals surface area contributed by atoms with Crippen molar-refractivity contribution in [2.75, 3.05) is 5.32 Å². The first-order valence-electron chi connectivity index (χ1n) is 7.98. The standard InChI is InChI=1S/C18H15Cl3N4OS/c1-25-10-22-24-18(25)27-15-7-6-12(9-14(15)20)23-16(26)8-5-11-3-2-4-13(19)17(11)21/h2-4,6-7,9-10H,5,8H2,1H3,(H,23,26). The van der Waals surface area contributed by atoms with Gasteiger partial charge in [-0.3, -0.25) is 4.79 Å². The maximum absolute atomic E-state index is 12.2. The highest BCUT2D eigenvalue weighted by atomic mass is 35.5. The number of hydrogen-bond donors (Lipinski definition) is 1. The number of amides is 1. The number of nitrogens with one attached hydrogen (secondary N) is 1. The fourth-order valence-electron chi connectivity index (χ4n) is 2.34. The third kappa shape index (κ3) is 5.17. The Kier molecular flexibility index (Phi) is 6.65. The summed E-state index contributed by atoms with van der Waals surface area (Å²) in [5.41, 5.74) is 1.47. The lowest BCUT2D eigenvalue weighted by Gasteiger charge is -2.09. The van der Waals surface area contributed by atoms with Crippen molar-refractivity contribution in [2.24, 2.45) is 7.05 Å². The second kappa shape index (κ2) is 8.97. The Morgan fingerprint density at radius 1 is 1.19 bits per heavy atom. The van der Waals surface area contributed by atoms with Gasteiger partial charge in [-0.15, -0.1) is 10.2 Å². The van der Waals surface area contributed by atoms with Crippen LogP contribution in [0.3, 0.4) is 0 Å². The molecule has 0 atom stereocenters. The van der Waals surface area contributed by atoms with Crippen LogP contribution in [0.25, 0.3) is 0 Å². The summed E-state index contributed by atoms with van der Waals surface area (Å²) in [6, 6.07) is 10.7. The fraction of sp³-hybridized carbons (Fsp3) is 0.167. The number of nitrogens with zero attached hydrogens (tertiary/aromatic N) is 3. The molecule has 3 aromatic rings. The first-order chi connectivity index (χ1) is 12.9. The summed E-state index contributed by atoms with van der Waals surface area (Å²) in [6.45, 7) is 0. The van der Waals surface area contributed by atoms with Gasteiger partial charge in [0.15, 0.2) is 5.16 Å². The largest absolute Gasteiger partial charge is 0.326 e. The van der Waals surface area contributed by atoms with E-state index in [1.54, 1.807) is 29.1 Å². The van der Waals surface area contributed by atoms with Crippen LogP contribution in [0.5, 0.6) is 0 Å². The van der Waals surface area contributed by atoms with E-state index >= 15 is 0 Å². The zero-order valence-corrected chi connectivity index (χ0v) is 17.3. The number of aryl methyl sites for hydroxylation is 2. The molecule has 1 aromatic heterocycles. The molecule has 3 rings (SSSR count). The first kappa shape index (κ1) is 20.0. The van der Waals surface area contributed by atoms with Gasteiger partial charge in [-0.1, -0.05) is 46.9 Å². The van der Waals surface area contributed by atoms with Gasteiger partial charge >= 0.3 is 0 Å². The fourth-order valence-corrected chi connectivity index (χ4v) is 3.82.